The number of carbonyl (C=O) groups is 1. The van der Waals surface area contributed by atoms with Gasteiger partial charge in [-0.3, -0.25) is 4.79 Å². The minimum atomic E-state index is -2.92. The summed E-state index contributed by atoms with van der Waals surface area (Å²) in [5.74, 6) is 0.392. The summed E-state index contributed by atoms with van der Waals surface area (Å²) in [5.41, 5.74) is 0. The number of sulfone groups is 1. The summed E-state index contributed by atoms with van der Waals surface area (Å²) in [6.45, 7) is 0. The lowest BCUT2D eigenvalue weighted by molar-refractivity contribution is -0.131. The second-order valence-corrected chi connectivity index (χ2v) is 8.26. The molecule has 106 valence electrons. The van der Waals surface area contributed by atoms with E-state index in [9.17, 15) is 13.2 Å². The van der Waals surface area contributed by atoms with Crippen molar-refractivity contribution in [2.24, 2.45) is 0 Å². The van der Waals surface area contributed by atoms with Gasteiger partial charge in [-0.2, -0.15) is 0 Å². The summed E-state index contributed by atoms with van der Waals surface area (Å²) in [7, 11) is -1.20. The third-order valence-corrected chi connectivity index (χ3v) is 6.23. The van der Waals surface area contributed by atoms with E-state index in [4.69, 9.17) is 0 Å². The molecule has 2 heterocycles. The Kier molecular flexibility index (Phi) is 4.62. The van der Waals surface area contributed by atoms with Crippen molar-refractivity contribution < 1.29 is 13.2 Å². The number of hydrogen-bond acceptors (Lipinski definition) is 4. The van der Waals surface area contributed by atoms with Crippen molar-refractivity contribution in [1.29, 1.82) is 0 Å². The molecule has 0 aromatic carbocycles. The van der Waals surface area contributed by atoms with Gasteiger partial charge in [0.1, 0.15) is 0 Å². The Morgan fingerprint density at radius 1 is 1.53 bits per heavy atom. The van der Waals surface area contributed by atoms with Gasteiger partial charge in [0.25, 0.3) is 0 Å². The van der Waals surface area contributed by atoms with Crippen LogP contribution in [0.1, 0.15) is 24.1 Å². The van der Waals surface area contributed by atoms with E-state index in [0.29, 0.717) is 12.8 Å². The zero-order chi connectivity index (χ0) is 13.9. The number of hydrogen-bond donors (Lipinski definition) is 0. The molecule has 1 aliphatic heterocycles. The molecule has 19 heavy (non-hydrogen) atoms. The van der Waals surface area contributed by atoms with Crippen molar-refractivity contribution in [3.63, 3.8) is 0 Å². The van der Waals surface area contributed by atoms with Gasteiger partial charge in [0.15, 0.2) is 9.84 Å². The number of nitrogens with zero attached hydrogens (tertiary/aromatic N) is 1. The van der Waals surface area contributed by atoms with Crippen molar-refractivity contribution in [1.82, 2.24) is 4.90 Å². The van der Waals surface area contributed by atoms with E-state index in [1.807, 2.05) is 11.4 Å². The van der Waals surface area contributed by atoms with Gasteiger partial charge in [-0.1, -0.05) is 6.07 Å². The highest BCUT2D eigenvalue weighted by Crippen LogP contribution is 2.18. The Hall–Kier alpha value is -0.880. The second-order valence-electron chi connectivity index (χ2n) is 4.99. The molecule has 1 aromatic heterocycles. The maximum Gasteiger partial charge on any atom is 0.222 e. The lowest BCUT2D eigenvalue weighted by Gasteiger charge is -2.23. The predicted molar refractivity (Wildman–Crippen MR) is 77.1 cm³/mol. The lowest BCUT2D eigenvalue weighted by Crippen LogP contribution is -2.37. The largest absolute Gasteiger partial charge is 0.342 e. The van der Waals surface area contributed by atoms with E-state index >= 15 is 0 Å². The summed E-state index contributed by atoms with van der Waals surface area (Å²) in [4.78, 5) is 14.9. The van der Waals surface area contributed by atoms with Gasteiger partial charge in [0.05, 0.1) is 11.5 Å². The summed E-state index contributed by atoms with van der Waals surface area (Å²) < 4.78 is 22.8. The highest BCUT2D eigenvalue weighted by molar-refractivity contribution is 7.91. The van der Waals surface area contributed by atoms with E-state index in [-0.39, 0.29) is 23.5 Å². The minimum absolute atomic E-state index is 0.0543. The fourth-order valence-electron chi connectivity index (χ4n) is 2.33. The smallest absolute Gasteiger partial charge is 0.222 e. The molecule has 4 nitrogen and oxygen atoms in total. The molecule has 1 amide bonds. The molecule has 0 N–H and O–H groups in total. The summed E-state index contributed by atoms with van der Waals surface area (Å²) >= 11 is 1.70. The Labute approximate surface area is 118 Å². The maximum absolute atomic E-state index is 12.0. The number of carbonyl (C=O) groups excluding carboxylic acids is 1. The summed E-state index contributed by atoms with van der Waals surface area (Å²) in [6, 6.07) is 3.96. The zero-order valence-electron chi connectivity index (χ0n) is 11.0. The van der Waals surface area contributed by atoms with Crippen LogP contribution in [0.4, 0.5) is 0 Å². The van der Waals surface area contributed by atoms with Crippen molar-refractivity contribution in [2.45, 2.75) is 31.7 Å². The molecule has 0 radical (unpaired) electrons. The fraction of sp³-hybridized carbons (Fsp3) is 0.615. The number of amides is 1. The third-order valence-electron chi connectivity index (χ3n) is 3.54. The van der Waals surface area contributed by atoms with Crippen LogP contribution >= 0.6 is 11.3 Å². The molecular weight excluding hydrogens is 282 g/mol. The highest BCUT2D eigenvalue weighted by atomic mass is 32.2. The molecule has 1 unspecified atom stereocenters. The fourth-order valence-corrected chi connectivity index (χ4v) is 4.86. The Morgan fingerprint density at radius 3 is 2.89 bits per heavy atom. The highest BCUT2D eigenvalue weighted by Gasteiger charge is 2.32. The molecule has 0 saturated carbocycles. The van der Waals surface area contributed by atoms with Gasteiger partial charge in [0, 0.05) is 24.4 Å². The standard InChI is InChI=1S/C13H19NO3S2/c1-14(11-7-9-19(16,17)10-11)13(15)6-2-4-12-5-3-8-18-12/h3,5,8,11H,2,4,6-7,9-10H2,1H3. The molecule has 1 fully saturated rings. The van der Waals surface area contributed by atoms with Gasteiger partial charge in [0.2, 0.25) is 5.91 Å². The lowest BCUT2D eigenvalue weighted by atomic mass is 10.1. The molecule has 6 heteroatoms. The van der Waals surface area contributed by atoms with Crippen LogP contribution in [0.15, 0.2) is 17.5 Å². The van der Waals surface area contributed by atoms with E-state index in [2.05, 4.69) is 6.07 Å². The Balaban J connectivity index is 1.77. The van der Waals surface area contributed by atoms with Gasteiger partial charge < -0.3 is 4.90 Å². The minimum Gasteiger partial charge on any atom is -0.342 e. The average molecular weight is 301 g/mol. The van der Waals surface area contributed by atoms with Gasteiger partial charge in [-0.25, -0.2) is 8.42 Å². The zero-order valence-corrected chi connectivity index (χ0v) is 12.7. The molecule has 0 bridgehead atoms. The van der Waals surface area contributed by atoms with Gasteiger partial charge in [-0.05, 0) is 30.7 Å². The molecule has 1 aromatic rings. The molecule has 1 atom stereocenters. The summed E-state index contributed by atoms with van der Waals surface area (Å²) in [6.07, 6.45) is 2.81. The van der Waals surface area contributed by atoms with Crippen molar-refractivity contribution in [2.75, 3.05) is 18.6 Å². The van der Waals surface area contributed by atoms with Crippen LogP contribution in [0.3, 0.4) is 0 Å². The monoisotopic (exact) mass is 301 g/mol. The van der Waals surface area contributed by atoms with Crippen LogP contribution in [-0.4, -0.2) is 43.8 Å². The van der Waals surface area contributed by atoms with E-state index in [1.165, 1.54) is 4.88 Å². The Bertz CT molecular complexity index is 522. The number of rotatable bonds is 5. The van der Waals surface area contributed by atoms with E-state index < -0.39 is 9.84 Å². The predicted octanol–water partition coefficient (Wildman–Crippen LogP) is 1.72. The van der Waals surface area contributed by atoms with Crippen LogP contribution in [0.2, 0.25) is 0 Å². The SMILES string of the molecule is CN(C(=O)CCCc1cccs1)C1CCS(=O)(=O)C1. The first-order valence-electron chi connectivity index (χ1n) is 6.46. The number of aryl methyl sites for hydroxylation is 1. The molecule has 2 rings (SSSR count). The Morgan fingerprint density at radius 2 is 2.32 bits per heavy atom. The number of thiophene rings is 1. The molecular formula is C13H19NO3S2. The van der Waals surface area contributed by atoms with Gasteiger partial charge >= 0.3 is 0 Å². The topological polar surface area (TPSA) is 54.5 Å². The molecule has 0 aliphatic carbocycles. The van der Waals surface area contributed by atoms with Crippen LogP contribution < -0.4 is 0 Å². The molecule has 1 aliphatic rings. The van der Waals surface area contributed by atoms with E-state index in [1.54, 1.807) is 23.3 Å². The summed E-state index contributed by atoms with van der Waals surface area (Å²) in [5, 5.41) is 2.03. The van der Waals surface area contributed by atoms with Crippen molar-refractivity contribution in [3.8, 4) is 0 Å². The van der Waals surface area contributed by atoms with Crippen LogP contribution in [-0.2, 0) is 21.1 Å². The third kappa shape index (κ3) is 4.04. The first kappa shape index (κ1) is 14.5. The van der Waals surface area contributed by atoms with Crippen LogP contribution in [0, 0.1) is 0 Å². The van der Waals surface area contributed by atoms with Crippen molar-refractivity contribution >= 4 is 27.1 Å². The average Bonchev–Trinajstić information content (AvgIpc) is 2.97. The van der Waals surface area contributed by atoms with E-state index in [0.717, 1.165) is 12.8 Å². The quantitative estimate of drug-likeness (QED) is 0.832. The van der Waals surface area contributed by atoms with Crippen LogP contribution in [0.5, 0.6) is 0 Å². The molecule has 1 saturated heterocycles. The van der Waals surface area contributed by atoms with Gasteiger partial charge in [-0.15, -0.1) is 11.3 Å². The van der Waals surface area contributed by atoms with Crippen LogP contribution in [0.25, 0.3) is 0 Å². The second kappa shape index (κ2) is 6.05. The maximum atomic E-state index is 12.0. The molecule has 0 spiro atoms. The normalized spacial score (nSPS) is 21.4. The van der Waals surface area contributed by atoms with Crippen molar-refractivity contribution in [3.05, 3.63) is 22.4 Å². The first-order chi connectivity index (χ1) is 8.98. The first-order valence-corrected chi connectivity index (χ1v) is 9.16.